The van der Waals surface area contributed by atoms with Crippen molar-refractivity contribution in [3.8, 4) is 11.5 Å². The molecule has 2 aliphatic carbocycles. The van der Waals surface area contributed by atoms with E-state index in [-0.39, 0.29) is 6.10 Å². The van der Waals surface area contributed by atoms with Crippen LogP contribution in [0, 0.1) is 0 Å². The van der Waals surface area contributed by atoms with Gasteiger partial charge in [0.15, 0.2) is 11.5 Å². The second-order valence-corrected chi connectivity index (χ2v) is 6.23. The van der Waals surface area contributed by atoms with Crippen molar-refractivity contribution in [2.75, 3.05) is 7.11 Å². The number of hydrogen-bond acceptors (Lipinski definition) is 4. The average molecular weight is 319 g/mol. The number of carboxylic acid groups (broad SMARTS) is 1. The highest BCUT2D eigenvalue weighted by Crippen LogP contribution is 2.37. The van der Waals surface area contributed by atoms with Crippen LogP contribution in [-0.2, 0) is 4.79 Å². The highest BCUT2D eigenvalue weighted by atomic mass is 16.5. The van der Waals surface area contributed by atoms with Gasteiger partial charge in [0.05, 0.1) is 13.2 Å². The monoisotopic (exact) mass is 319 g/mol. The number of hydrogen-bond donors (Lipinski definition) is 2. The van der Waals surface area contributed by atoms with Crippen molar-refractivity contribution >= 4 is 11.9 Å². The minimum absolute atomic E-state index is 0.149. The van der Waals surface area contributed by atoms with Crippen molar-refractivity contribution in [1.82, 2.24) is 5.32 Å². The maximum atomic E-state index is 12.3. The molecule has 2 aliphatic rings. The Balaban J connectivity index is 1.76. The minimum atomic E-state index is -1.09. The Morgan fingerprint density at radius 3 is 2.48 bits per heavy atom. The molecule has 124 valence electrons. The topological polar surface area (TPSA) is 84.9 Å². The van der Waals surface area contributed by atoms with Crippen molar-refractivity contribution < 1.29 is 24.2 Å². The molecule has 23 heavy (non-hydrogen) atoms. The SMILES string of the molecule is COc1ccc(C(=O)NC2(C(=O)O)CC2)cc1OC1CCCC1. The van der Waals surface area contributed by atoms with Crippen LogP contribution in [0.1, 0.15) is 48.9 Å². The number of amides is 1. The first kappa shape index (κ1) is 15.6. The van der Waals surface area contributed by atoms with Crippen LogP contribution in [0.3, 0.4) is 0 Å². The molecule has 0 radical (unpaired) electrons. The molecule has 1 amide bonds. The van der Waals surface area contributed by atoms with Gasteiger partial charge in [0.2, 0.25) is 0 Å². The lowest BCUT2D eigenvalue weighted by molar-refractivity contribution is -0.140. The van der Waals surface area contributed by atoms with E-state index in [4.69, 9.17) is 14.6 Å². The number of carbonyl (C=O) groups excluding carboxylic acids is 1. The van der Waals surface area contributed by atoms with E-state index >= 15 is 0 Å². The molecule has 0 unspecified atom stereocenters. The number of aliphatic carboxylic acids is 1. The molecule has 0 bridgehead atoms. The number of methoxy groups -OCH3 is 1. The van der Waals surface area contributed by atoms with Gasteiger partial charge in [0, 0.05) is 5.56 Å². The van der Waals surface area contributed by atoms with Crippen LogP contribution in [0.2, 0.25) is 0 Å². The fraction of sp³-hybridized carbons (Fsp3) is 0.529. The van der Waals surface area contributed by atoms with Crippen LogP contribution < -0.4 is 14.8 Å². The van der Waals surface area contributed by atoms with E-state index in [1.54, 1.807) is 25.3 Å². The third-order valence-corrected chi connectivity index (χ3v) is 4.53. The smallest absolute Gasteiger partial charge is 0.329 e. The molecule has 3 rings (SSSR count). The standard InChI is InChI=1S/C17H21NO5/c1-22-13-7-6-11(10-14(13)23-12-4-2-3-5-12)15(19)18-17(8-9-17)16(20)21/h6-7,10,12H,2-5,8-9H2,1H3,(H,18,19)(H,20,21). The second kappa shape index (κ2) is 6.10. The van der Waals surface area contributed by atoms with Crippen molar-refractivity contribution in [2.24, 2.45) is 0 Å². The van der Waals surface area contributed by atoms with E-state index in [0.717, 1.165) is 25.7 Å². The van der Waals surface area contributed by atoms with Crippen LogP contribution in [0.25, 0.3) is 0 Å². The lowest BCUT2D eigenvalue weighted by Crippen LogP contribution is -2.43. The van der Waals surface area contributed by atoms with Crippen LogP contribution in [0.4, 0.5) is 0 Å². The third kappa shape index (κ3) is 3.25. The van der Waals surface area contributed by atoms with Gasteiger partial charge in [-0.1, -0.05) is 0 Å². The van der Waals surface area contributed by atoms with Crippen molar-refractivity contribution in [3.05, 3.63) is 23.8 Å². The summed E-state index contributed by atoms with van der Waals surface area (Å²) in [4.78, 5) is 23.5. The predicted octanol–water partition coefficient (Wildman–Crippen LogP) is 2.36. The minimum Gasteiger partial charge on any atom is -0.493 e. The van der Waals surface area contributed by atoms with Gasteiger partial charge in [-0.3, -0.25) is 4.79 Å². The molecule has 6 heteroatoms. The van der Waals surface area contributed by atoms with E-state index in [2.05, 4.69) is 5.32 Å². The summed E-state index contributed by atoms with van der Waals surface area (Å²) in [6.45, 7) is 0. The largest absolute Gasteiger partial charge is 0.493 e. The van der Waals surface area contributed by atoms with E-state index in [9.17, 15) is 9.59 Å². The van der Waals surface area contributed by atoms with Crippen molar-refractivity contribution in [1.29, 1.82) is 0 Å². The molecule has 2 saturated carbocycles. The zero-order valence-electron chi connectivity index (χ0n) is 13.1. The van der Waals surface area contributed by atoms with Gasteiger partial charge in [0.1, 0.15) is 5.54 Å². The van der Waals surface area contributed by atoms with Gasteiger partial charge < -0.3 is 19.9 Å². The molecule has 0 heterocycles. The summed E-state index contributed by atoms with van der Waals surface area (Å²) < 4.78 is 11.3. The molecule has 1 aromatic rings. The number of carboxylic acids is 1. The summed E-state index contributed by atoms with van der Waals surface area (Å²) in [5.41, 5.74) is -0.713. The first-order valence-corrected chi connectivity index (χ1v) is 7.95. The summed E-state index contributed by atoms with van der Waals surface area (Å²) in [6, 6.07) is 4.93. The second-order valence-electron chi connectivity index (χ2n) is 6.23. The number of nitrogens with one attached hydrogen (secondary N) is 1. The van der Waals surface area contributed by atoms with Crippen LogP contribution >= 0.6 is 0 Å². The van der Waals surface area contributed by atoms with Crippen LogP contribution in [0.15, 0.2) is 18.2 Å². The quantitative estimate of drug-likeness (QED) is 0.841. The summed E-state index contributed by atoms with van der Waals surface area (Å²) >= 11 is 0. The number of carbonyl (C=O) groups is 2. The van der Waals surface area contributed by atoms with Gasteiger partial charge in [-0.2, -0.15) is 0 Å². The first-order valence-electron chi connectivity index (χ1n) is 7.95. The fourth-order valence-electron chi connectivity index (χ4n) is 2.90. The lowest BCUT2D eigenvalue weighted by Gasteiger charge is -2.17. The molecular formula is C17H21NO5. The fourth-order valence-corrected chi connectivity index (χ4v) is 2.90. The molecule has 1 aromatic carbocycles. The number of ether oxygens (including phenoxy) is 2. The normalized spacial score (nSPS) is 19.2. The summed E-state index contributed by atoms with van der Waals surface area (Å²) in [5, 5.41) is 11.8. The molecule has 0 atom stereocenters. The Bertz CT molecular complexity index is 617. The summed E-state index contributed by atoms with van der Waals surface area (Å²) in [7, 11) is 1.56. The molecule has 6 nitrogen and oxygen atoms in total. The number of rotatable bonds is 6. The van der Waals surface area contributed by atoms with Gasteiger partial charge in [-0.25, -0.2) is 4.79 Å². The molecular weight excluding hydrogens is 298 g/mol. The highest BCUT2D eigenvalue weighted by Gasteiger charge is 2.51. The van der Waals surface area contributed by atoms with Gasteiger partial charge in [-0.05, 0) is 56.7 Å². The highest BCUT2D eigenvalue weighted by molar-refractivity contribution is 5.99. The Labute approximate surface area is 134 Å². The van der Waals surface area contributed by atoms with E-state index in [1.807, 2.05) is 0 Å². The maximum Gasteiger partial charge on any atom is 0.329 e. The molecule has 0 saturated heterocycles. The van der Waals surface area contributed by atoms with E-state index < -0.39 is 17.4 Å². The maximum absolute atomic E-state index is 12.3. The predicted molar refractivity (Wildman–Crippen MR) is 82.9 cm³/mol. The van der Waals surface area contributed by atoms with Gasteiger partial charge in [0.25, 0.3) is 5.91 Å². The zero-order chi connectivity index (χ0) is 16.4. The Hall–Kier alpha value is -2.24. The van der Waals surface area contributed by atoms with E-state index in [1.165, 1.54) is 0 Å². The van der Waals surface area contributed by atoms with Crippen LogP contribution in [-0.4, -0.2) is 35.7 Å². The molecule has 0 spiro atoms. The molecule has 0 aliphatic heterocycles. The summed E-state index contributed by atoms with van der Waals surface area (Å²) in [5.74, 6) is -0.273. The van der Waals surface area contributed by atoms with E-state index in [0.29, 0.717) is 29.9 Å². The number of benzene rings is 1. The van der Waals surface area contributed by atoms with Crippen molar-refractivity contribution in [2.45, 2.75) is 50.2 Å². The summed E-state index contributed by atoms with van der Waals surface area (Å²) in [6.07, 6.45) is 5.38. The van der Waals surface area contributed by atoms with Gasteiger partial charge >= 0.3 is 5.97 Å². The zero-order valence-corrected chi connectivity index (χ0v) is 13.1. The van der Waals surface area contributed by atoms with Crippen molar-refractivity contribution in [3.63, 3.8) is 0 Å². The average Bonchev–Trinajstić information content (AvgIpc) is 3.14. The van der Waals surface area contributed by atoms with Gasteiger partial charge in [-0.15, -0.1) is 0 Å². The first-order chi connectivity index (χ1) is 11.0. The van der Waals surface area contributed by atoms with Crippen LogP contribution in [0.5, 0.6) is 11.5 Å². The lowest BCUT2D eigenvalue weighted by atomic mass is 10.1. The molecule has 2 N–H and O–H groups in total. The molecule has 0 aromatic heterocycles. The third-order valence-electron chi connectivity index (χ3n) is 4.53. The Kier molecular flexibility index (Phi) is 4.15. The Morgan fingerprint density at radius 2 is 1.91 bits per heavy atom. The molecule has 2 fully saturated rings. The Morgan fingerprint density at radius 1 is 1.22 bits per heavy atom.